The SMILES string of the molecule is O=S(=O)(NCCCCCO)C(F)F. The largest absolute Gasteiger partial charge is 0.396 e. The number of sulfonamides is 1. The maximum Gasteiger partial charge on any atom is 0.350 e. The Morgan fingerprint density at radius 2 is 1.85 bits per heavy atom. The van der Waals surface area contributed by atoms with Gasteiger partial charge in [-0.25, -0.2) is 13.1 Å². The van der Waals surface area contributed by atoms with Gasteiger partial charge in [0, 0.05) is 13.2 Å². The van der Waals surface area contributed by atoms with Crippen molar-refractivity contribution in [3.8, 4) is 0 Å². The molecule has 0 heterocycles. The Kier molecular flexibility index (Phi) is 6.10. The van der Waals surface area contributed by atoms with Crippen molar-refractivity contribution in [2.24, 2.45) is 0 Å². The molecule has 0 aromatic carbocycles. The molecule has 0 saturated heterocycles. The molecule has 4 nitrogen and oxygen atoms in total. The smallest absolute Gasteiger partial charge is 0.350 e. The second kappa shape index (κ2) is 6.22. The van der Waals surface area contributed by atoms with Gasteiger partial charge in [-0.2, -0.15) is 8.78 Å². The third-order valence-electron chi connectivity index (χ3n) is 1.37. The molecule has 0 fully saturated rings. The highest BCUT2D eigenvalue weighted by Gasteiger charge is 2.22. The number of aliphatic hydroxyl groups is 1. The van der Waals surface area contributed by atoms with Crippen LogP contribution >= 0.6 is 0 Å². The fourth-order valence-electron chi connectivity index (χ4n) is 0.691. The summed E-state index contributed by atoms with van der Waals surface area (Å²) in [6, 6.07) is 0. The highest BCUT2D eigenvalue weighted by atomic mass is 32.2. The number of alkyl halides is 2. The van der Waals surface area contributed by atoms with Crippen LogP contribution in [0.15, 0.2) is 0 Å². The second-order valence-corrected chi connectivity index (χ2v) is 4.22. The van der Waals surface area contributed by atoms with Gasteiger partial charge in [-0.05, 0) is 19.3 Å². The monoisotopic (exact) mass is 217 g/mol. The summed E-state index contributed by atoms with van der Waals surface area (Å²) in [7, 11) is -4.43. The molecule has 2 N–H and O–H groups in total. The molecule has 0 aliphatic heterocycles. The van der Waals surface area contributed by atoms with E-state index in [9.17, 15) is 17.2 Å². The van der Waals surface area contributed by atoms with Gasteiger partial charge in [-0.15, -0.1) is 0 Å². The number of aliphatic hydroxyl groups excluding tert-OH is 1. The predicted octanol–water partition coefficient (Wildman–Crippen LogP) is 0.291. The van der Waals surface area contributed by atoms with Crippen LogP contribution in [0.1, 0.15) is 19.3 Å². The Morgan fingerprint density at radius 3 is 2.31 bits per heavy atom. The van der Waals surface area contributed by atoms with E-state index >= 15 is 0 Å². The van der Waals surface area contributed by atoms with Crippen molar-refractivity contribution >= 4 is 10.0 Å². The average Bonchev–Trinajstić information content (AvgIpc) is 2.03. The van der Waals surface area contributed by atoms with Crippen LogP contribution < -0.4 is 4.72 Å². The van der Waals surface area contributed by atoms with Crippen LogP contribution in [-0.2, 0) is 10.0 Å². The van der Waals surface area contributed by atoms with Crippen molar-refractivity contribution in [1.82, 2.24) is 4.72 Å². The number of unbranched alkanes of at least 4 members (excludes halogenated alkanes) is 2. The van der Waals surface area contributed by atoms with E-state index in [1.807, 2.05) is 0 Å². The second-order valence-electron chi connectivity index (χ2n) is 2.48. The van der Waals surface area contributed by atoms with Gasteiger partial charge >= 0.3 is 5.76 Å². The number of hydrogen-bond donors (Lipinski definition) is 2. The summed E-state index contributed by atoms with van der Waals surface area (Å²) in [5, 5.41) is 8.36. The number of rotatable bonds is 7. The third-order valence-corrected chi connectivity index (χ3v) is 2.45. The van der Waals surface area contributed by atoms with Crippen LogP contribution in [0.5, 0.6) is 0 Å². The lowest BCUT2D eigenvalue weighted by Crippen LogP contribution is -2.30. The minimum atomic E-state index is -4.43. The van der Waals surface area contributed by atoms with E-state index < -0.39 is 15.8 Å². The quantitative estimate of drug-likeness (QED) is 0.602. The number of hydrogen-bond acceptors (Lipinski definition) is 3. The summed E-state index contributed by atoms with van der Waals surface area (Å²) >= 11 is 0. The minimum absolute atomic E-state index is 0.00727. The molecule has 0 saturated carbocycles. The molecule has 0 aliphatic rings. The van der Waals surface area contributed by atoms with Gasteiger partial charge < -0.3 is 5.11 Å². The Balaban J connectivity index is 3.53. The van der Waals surface area contributed by atoms with E-state index in [-0.39, 0.29) is 13.2 Å². The van der Waals surface area contributed by atoms with Crippen molar-refractivity contribution in [2.75, 3.05) is 13.2 Å². The Morgan fingerprint density at radius 1 is 1.23 bits per heavy atom. The first-order valence-electron chi connectivity index (χ1n) is 3.88. The predicted molar refractivity (Wildman–Crippen MR) is 43.9 cm³/mol. The van der Waals surface area contributed by atoms with Crippen molar-refractivity contribution in [3.63, 3.8) is 0 Å². The lowest BCUT2D eigenvalue weighted by molar-refractivity contribution is 0.232. The lowest BCUT2D eigenvalue weighted by Gasteiger charge is -2.04. The van der Waals surface area contributed by atoms with Gasteiger partial charge in [0.1, 0.15) is 0 Å². The molecular formula is C6H13F2NO3S. The average molecular weight is 217 g/mol. The van der Waals surface area contributed by atoms with Crippen molar-refractivity contribution in [2.45, 2.75) is 25.0 Å². The van der Waals surface area contributed by atoms with E-state index in [1.54, 1.807) is 4.72 Å². The van der Waals surface area contributed by atoms with Gasteiger partial charge in [-0.3, -0.25) is 0 Å². The fourth-order valence-corrected chi connectivity index (χ4v) is 1.25. The van der Waals surface area contributed by atoms with Crippen molar-refractivity contribution < 1.29 is 22.3 Å². The van der Waals surface area contributed by atoms with Crippen LogP contribution in [-0.4, -0.2) is 32.4 Å². The maximum absolute atomic E-state index is 11.7. The molecule has 0 bridgehead atoms. The maximum atomic E-state index is 11.7. The number of nitrogens with one attached hydrogen (secondary N) is 1. The first-order chi connectivity index (χ1) is 6.00. The molecule has 0 radical (unpaired) electrons. The molecule has 0 aliphatic carbocycles. The first-order valence-corrected chi connectivity index (χ1v) is 5.43. The van der Waals surface area contributed by atoms with Gasteiger partial charge in [0.2, 0.25) is 0 Å². The van der Waals surface area contributed by atoms with Crippen LogP contribution in [0.4, 0.5) is 8.78 Å². The van der Waals surface area contributed by atoms with Crippen molar-refractivity contribution in [1.29, 1.82) is 0 Å². The fraction of sp³-hybridized carbons (Fsp3) is 1.00. The molecule has 0 spiro atoms. The summed E-state index contributed by atoms with van der Waals surface area (Å²) in [6.45, 7) is 0.0221. The summed E-state index contributed by atoms with van der Waals surface area (Å²) in [4.78, 5) is 0. The minimum Gasteiger partial charge on any atom is -0.396 e. The van der Waals surface area contributed by atoms with E-state index in [0.717, 1.165) is 0 Å². The molecule has 0 atom stereocenters. The van der Waals surface area contributed by atoms with Gasteiger partial charge in [-0.1, -0.05) is 0 Å². The molecular weight excluding hydrogens is 204 g/mol. The molecule has 0 amide bonds. The lowest BCUT2D eigenvalue weighted by atomic mass is 10.2. The molecule has 7 heteroatoms. The zero-order valence-corrected chi connectivity index (χ0v) is 7.86. The third kappa shape index (κ3) is 5.89. The summed E-state index contributed by atoms with van der Waals surface area (Å²) in [5.41, 5.74) is 0. The Labute approximate surface area is 76.0 Å². The zero-order valence-electron chi connectivity index (χ0n) is 7.04. The van der Waals surface area contributed by atoms with Crippen LogP contribution in [0.2, 0.25) is 0 Å². The van der Waals surface area contributed by atoms with E-state index in [0.29, 0.717) is 19.3 Å². The van der Waals surface area contributed by atoms with Crippen LogP contribution in [0.25, 0.3) is 0 Å². The highest BCUT2D eigenvalue weighted by molar-refractivity contribution is 7.89. The Hall–Kier alpha value is -0.270. The molecule has 0 aromatic rings. The van der Waals surface area contributed by atoms with E-state index in [1.165, 1.54) is 0 Å². The molecule has 0 aromatic heterocycles. The van der Waals surface area contributed by atoms with E-state index in [2.05, 4.69) is 0 Å². The van der Waals surface area contributed by atoms with Crippen LogP contribution in [0, 0.1) is 0 Å². The highest BCUT2D eigenvalue weighted by Crippen LogP contribution is 2.02. The van der Waals surface area contributed by atoms with Crippen molar-refractivity contribution in [3.05, 3.63) is 0 Å². The molecule has 80 valence electrons. The molecule has 0 rings (SSSR count). The Bertz CT molecular complexity index is 218. The summed E-state index contributed by atoms with van der Waals surface area (Å²) in [5.74, 6) is -3.37. The standard InChI is InChI=1S/C6H13F2NO3S/c7-6(8)13(11,12)9-4-2-1-3-5-10/h6,9-10H,1-5H2. The van der Waals surface area contributed by atoms with Crippen LogP contribution in [0.3, 0.4) is 0 Å². The summed E-state index contributed by atoms with van der Waals surface area (Å²) < 4.78 is 46.1. The van der Waals surface area contributed by atoms with Gasteiger partial charge in [0.15, 0.2) is 0 Å². The summed E-state index contributed by atoms with van der Waals surface area (Å²) in [6.07, 6.45) is 1.62. The van der Waals surface area contributed by atoms with Gasteiger partial charge in [0.25, 0.3) is 10.0 Å². The topological polar surface area (TPSA) is 66.4 Å². The first kappa shape index (κ1) is 12.7. The zero-order chi connectivity index (χ0) is 10.3. The molecule has 13 heavy (non-hydrogen) atoms. The molecule has 0 unspecified atom stereocenters. The van der Waals surface area contributed by atoms with Gasteiger partial charge in [0.05, 0.1) is 0 Å². The normalized spacial score (nSPS) is 12.3. The number of halogens is 2. The van der Waals surface area contributed by atoms with E-state index in [4.69, 9.17) is 5.11 Å².